The monoisotopic (exact) mass is 333 g/mol. The van der Waals surface area contributed by atoms with E-state index in [0.717, 1.165) is 11.3 Å². The maximum absolute atomic E-state index is 12.5. The number of piperidine rings is 1. The van der Waals surface area contributed by atoms with Crippen LogP contribution in [0.3, 0.4) is 0 Å². The smallest absolute Gasteiger partial charge is 0.305 e. The first-order valence-corrected chi connectivity index (χ1v) is 9.09. The Bertz CT molecular complexity index is 669. The Kier molecular flexibility index (Phi) is 4.84. The molecule has 0 saturated carbocycles. The summed E-state index contributed by atoms with van der Waals surface area (Å²) in [5.74, 6) is -0.0176. The summed E-state index contributed by atoms with van der Waals surface area (Å²) in [6, 6.07) is 0.0231. The van der Waals surface area contributed by atoms with Crippen molar-refractivity contribution in [2.24, 2.45) is 0 Å². The van der Waals surface area contributed by atoms with Gasteiger partial charge in [0.15, 0.2) is 4.21 Å². The van der Waals surface area contributed by atoms with Crippen LogP contribution in [0.4, 0.5) is 0 Å². The maximum Gasteiger partial charge on any atom is 0.305 e. The Morgan fingerprint density at radius 1 is 1.43 bits per heavy atom. The number of carbonyl (C=O) groups is 1. The number of aryl methyl sites for hydroxylation is 1. The SMILES string of the molecule is CCC(=O)NC1CCN(S(=O)(=O)c2sc(=O)[nH]c2C)CC1. The molecule has 1 aromatic heterocycles. The average molecular weight is 333 g/mol. The summed E-state index contributed by atoms with van der Waals surface area (Å²) in [4.78, 5) is 24.8. The fourth-order valence-electron chi connectivity index (χ4n) is 2.32. The van der Waals surface area contributed by atoms with Crippen molar-refractivity contribution >= 4 is 27.3 Å². The van der Waals surface area contributed by atoms with Crippen LogP contribution in [0, 0.1) is 6.92 Å². The number of aromatic amines is 1. The zero-order valence-electron chi connectivity index (χ0n) is 12.0. The molecular formula is C12H19N3O4S2. The number of nitrogens with zero attached hydrogens (tertiary/aromatic N) is 1. The van der Waals surface area contributed by atoms with Crippen molar-refractivity contribution in [2.75, 3.05) is 13.1 Å². The normalized spacial score (nSPS) is 17.8. The Morgan fingerprint density at radius 3 is 2.52 bits per heavy atom. The number of carbonyl (C=O) groups excluding carboxylic acids is 1. The van der Waals surface area contributed by atoms with Gasteiger partial charge in [-0.15, -0.1) is 0 Å². The van der Waals surface area contributed by atoms with Gasteiger partial charge in [-0.05, 0) is 19.8 Å². The summed E-state index contributed by atoms with van der Waals surface area (Å²) in [5.41, 5.74) is 0.381. The minimum atomic E-state index is -3.62. The van der Waals surface area contributed by atoms with Crippen LogP contribution in [0.25, 0.3) is 0 Å². The molecule has 0 bridgehead atoms. The molecular weight excluding hydrogens is 314 g/mol. The van der Waals surface area contributed by atoms with Crippen molar-refractivity contribution in [3.63, 3.8) is 0 Å². The number of sulfonamides is 1. The van der Waals surface area contributed by atoms with E-state index >= 15 is 0 Å². The van der Waals surface area contributed by atoms with Gasteiger partial charge in [0.2, 0.25) is 5.91 Å². The lowest BCUT2D eigenvalue weighted by Gasteiger charge is -2.31. The fourth-order valence-corrected chi connectivity index (χ4v) is 5.23. The minimum absolute atomic E-state index is 0.0176. The van der Waals surface area contributed by atoms with Crippen LogP contribution in [0.5, 0.6) is 0 Å². The molecule has 1 aromatic rings. The molecule has 1 fully saturated rings. The Labute approximate surface area is 127 Å². The summed E-state index contributed by atoms with van der Waals surface area (Å²) < 4.78 is 26.5. The number of hydrogen-bond acceptors (Lipinski definition) is 5. The molecule has 2 rings (SSSR count). The van der Waals surface area contributed by atoms with Crippen molar-refractivity contribution in [1.82, 2.24) is 14.6 Å². The molecule has 0 atom stereocenters. The van der Waals surface area contributed by atoms with Gasteiger partial charge in [0, 0.05) is 31.2 Å². The van der Waals surface area contributed by atoms with Crippen LogP contribution in [-0.2, 0) is 14.8 Å². The van der Waals surface area contributed by atoms with Gasteiger partial charge < -0.3 is 10.3 Å². The summed E-state index contributed by atoms with van der Waals surface area (Å²) in [6.07, 6.45) is 1.60. The molecule has 1 aliphatic heterocycles. The van der Waals surface area contributed by atoms with Crippen LogP contribution in [0.15, 0.2) is 9.00 Å². The highest BCUT2D eigenvalue weighted by Crippen LogP contribution is 2.24. The second-order valence-electron chi connectivity index (χ2n) is 5.03. The van der Waals surface area contributed by atoms with E-state index in [1.165, 1.54) is 4.31 Å². The largest absolute Gasteiger partial charge is 0.353 e. The van der Waals surface area contributed by atoms with Gasteiger partial charge in [-0.2, -0.15) is 4.31 Å². The summed E-state index contributed by atoms with van der Waals surface area (Å²) in [7, 11) is -3.62. The third-order valence-corrected chi connectivity index (χ3v) is 6.98. The second-order valence-corrected chi connectivity index (χ2v) is 8.14. The van der Waals surface area contributed by atoms with E-state index in [4.69, 9.17) is 0 Å². The van der Waals surface area contributed by atoms with Crippen molar-refractivity contribution in [3.8, 4) is 0 Å². The standard InChI is InChI=1S/C12H19N3O4S2/c1-3-10(16)14-9-4-6-15(7-5-9)21(18,19)11-8(2)13-12(17)20-11/h9H,3-7H2,1-2H3,(H,13,17)(H,14,16). The average Bonchev–Trinajstić information content (AvgIpc) is 2.79. The van der Waals surface area contributed by atoms with E-state index in [-0.39, 0.29) is 21.0 Å². The lowest BCUT2D eigenvalue weighted by atomic mass is 10.1. The minimum Gasteiger partial charge on any atom is -0.353 e. The van der Waals surface area contributed by atoms with Gasteiger partial charge in [-0.1, -0.05) is 18.3 Å². The summed E-state index contributed by atoms with van der Waals surface area (Å²) in [5, 5.41) is 2.88. The lowest BCUT2D eigenvalue weighted by Crippen LogP contribution is -2.46. The lowest BCUT2D eigenvalue weighted by molar-refractivity contribution is -0.121. The van der Waals surface area contributed by atoms with Crippen LogP contribution in [0.2, 0.25) is 0 Å². The molecule has 0 unspecified atom stereocenters. The van der Waals surface area contributed by atoms with Crippen molar-refractivity contribution in [2.45, 2.75) is 43.4 Å². The first-order valence-electron chi connectivity index (χ1n) is 6.83. The summed E-state index contributed by atoms with van der Waals surface area (Å²) in [6.45, 7) is 4.07. The highest BCUT2D eigenvalue weighted by Gasteiger charge is 2.32. The molecule has 0 aromatic carbocycles. The predicted octanol–water partition coefficient (Wildman–Crippen LogP) is 0.424. The Hall–Kier alpha value is -1.19. The molecule has 0 aliphatic carbocycles. The summed E-state index contributed by atoms with van der Waals surface area (Å²) >= 11 is 0.720. The number of hydrogen-bond donors (Lipinski definition) is 2. The molecule has 9 heteroatoms. The van der Waals surface area contributed by atoms with Gasteiger partial charge >= 0.3 is 4.87 Å². The number of thiazole rings is 1. The van der Waals surface area contributed by atoms with E-state index in [1.54, 1.807) is 13.8 Å². The van der Waals surface area contributed by atoms with Gasteiger partial charge in [-0.3, -0.25) is 9.59 Å². The highest BCUT2D eigenvalue weighted by molar-refractivity contribution is 7.91. The van der Waals surface area contributed by atoms with Gasteiger partial charge in [0.25, 0.3) is 10.0 Å². The number of aromatic nitrogens is 1. The molecule has 0 radical (unpaired) electrons. The Morgan fingerprint density at radius 2 is 2.05 bits per heavy atom. The molecule has 118 valence electrons. The number of amides is 1. The molecule has 1 saturated heterocycles. The predicted molar refractivity (Wildman–Crippen MR) is 79.9 cm³/mol. The number of H-pyrrole nitrogens is 1. The molecule has 1 amide bonds. The fraction of sp³-hybridized carbons (Fsp3) is 0.667. The van der Waals surface area contributed by atoms with Crippen molar-refractivity contribution < 1.29 is 13.2 Å². The van der Waals surface area contributed by atoms with E-state index in [2.05, 4.69) is 10.3 Å². The maximum atomic E-state index is 12.5. The first-order chi connectivity index (χ1) is 9.84. The van der Waals surface area contributed by atoms with Gasteiger partial charge in [0.1, 0.15) is 0 Å². The third kappa shape index (κ3) is 3.53. The molecule has 7 nitrogen and oxygen atoms in total. The van der Waals surface area contributed by atoms with Gasteiger partial charge in [0.05, 0.1) is 0 Å². The topological polar surface area (TPSA) is 99.3 Å². The van der Waals surface area contributed by atoms with Crippen LogP contribution in [0.1, 0.15) is 31.9 Å². The first kappa shape index (κ1) is 16.2. The highest BCUT2D eigenvalue weighted by atomic mass is 32.2. The molecule has 2 N–H and O–H groups in total. The third-order valence-electron chi connectivity index (χ3n) is 3.50. The zero-order chi connectivity index (χ0) is 15.6. The van der Waals surface area contributed by atoms with E-state index in [9.17, 15) is 18.0 Å². The van der Waals surface area contributed by atoms with Crippen LogP contribution in [-0.4, -0.2) is 42.7 Å². The van der Waals surface area contributed by atoms with E-state index in [1.807, 2.05) is 0 Å². The molecule has 1 aliphatic rings. The van der Waals surface area contributed by atoms with Crippen LogP contribution < -0.4 is 10.2 Å². The van der Waals surface area contributed by atoms with Crippen molar-refractivity contribution in [1.29, 1.82) is 0 Å². The second kappa shape index (κ2) is 6.29. The van der Waals surface area contributed by atoms with Crippen LogP contribution >= 0.6 is 11.3 Å². The van der Waals surface area contributed by atoms with E-state index < -0.39 is 10.0 Å². The van der Waals surface area contributed by atoms with Gasteiger partial charge in [-0.25, -0.2) is 8.42 Å². The number of nitrogens with one attached hydrogen (secondary N) is 2. The molecule has 0 spiro atoms. The number of rotatable bonds is 4. The molecule has 2 heterocycles. The van der Waals surface area contributed by atoms with E-state index in [0.29, 0.717) is 38.0 Å². The molecule has 21 heavy (non-hydrogen) atoms. The van der Waals surface area contributed by atoms with Crippen molar-refractivity contribution in [3.05, 3.63) is 15.4 Å². The zero-order valence-corrected chi connectivity index (χ0v) is 13.6. The quantitative estimate of drug-likeness (QED) is 0.834. The Balaban J connectivity index is 2.06.